The van der Waals surface area contributed by atoms with E-state index in [2.05, 4.69) is 5.92 Å². The summed E-state index contributed by atoms with van der Waals surface area (Å²) in [5.74, 6) is 2.31. The molecule has 0 heterocycles. The van der Waals surface area contributed by atoms with Crippen LogP contribution in [0.2, 0.25) is 0 Å². The Balaban J connectivity index is 3.68. The second-order valence-corrected chi connectivity index (χ2v) is 2.47. The molecule has 2 unspecified atom stereocenters. The Morgan fingerprint density at radius 1 is 1.88 bits per heavy atom. The maximum Gasteiger partial charge on any atom is 0.233 e. The van der Waals surface area contributed by atoms with Crippen molar-refractivity contribution in [3.05, 3.63) is 0 Å². The van der Waals surface area contributed by atoms with Crippen LogP contribution in [0.3, 0.4) is 0 Å². The Hall–Kier alpha value is -0.0400. The SMILES string of the molecule is CC(Cl)C#CS(=O)O. The van der Waals surface area contributed by atoms with Gasteiger partial charge in [0.2, 0.25) is 11.1 Å². The Morgan fingerprint density at radius 3 is 2.50 bits per heavy atom. The average molecular weight is 153 g/mol. The van der Waals surface area contributed by atoms with Gasteiger partial charge in [0, 0.05) is 5.25 Å². The standard InChI is InChI=1S/C4H5ClO2S/c1-4(5)2-3-8(6)7/h4H,1H3,(H,6,7). The van der Waals surface area contributed by atoms with Crippen molar-refractivity contribution in [2.24, 2.45) is 0 Å². The minimum absolute atomic E-state index is 0.355. The van der Waals surface area contributed by atoms with E-state index in [9.17, 15) is 4.21 Å². The summed E-state index contributed by atoms with van der Waals surface area (Å²) in [7, 11) is 0. The number of rotatable bonds is 0. The summed E-state index contributed by atoms with van der Waals surface area (Å²) in [5, 5.41) is 1.64. The highest BCUT2D eigenvalue weighted by Gasteiger charge is 1.84. The molecule has 0 aromatic rings. The van der Waals surface area contributed by atoms with Crippen LogP contribution in [-0.2, 0) is 11.1 Å². The van der Waals surface area contributed by atoms with E-state index in [1.54, 1.807) is 6.92 Å². The van der Waals surface area contributed by atoms with Gasteiger partial charge in [0.1, 0.15) is 0 Å². The third kappa shape index (κ3) is 5.96. The van der Waals surface area contributed by atoms with Gasteiger partial charge in [-0.15, -0.1) is 11.6 Å². The van der Waals surface area contributed by atoms with Crippen molar-refractivity contribution in [3.8, 4) is 11.2 Å². The van der Waals surface area contributed by atoms with E-state index in [1.165, 1.54) is 0 Å². The van der Waals surface area contributed by atoms with Crippen LogP contribution in [0.25, 0.3) is 0 Å². The molecule has 46 valence electrons. The topological polar surface area (TPSA) is 37.3 Å². The largest absolute Gasteiger partial charge is 0.296 e. The third-order valence-corrected chi connectivity index (χ3v) is 0.747. The molecular weight excluding hydrogens is 148 g/mol. The Kier molecular flexibility index (Phi) is 3.88. The molecule has 0 spiro atoms. The lowest BCUT2D eigenvalue weighted by Gasteiger charge is -1.80. The van der Waals surface area contributed by atoms with Gasteiger partial charge in [0.15, 0.2) is 0 Å². The van der Waals surface area contributed by atoms with Crippen LogP contribution in [0, 0.1) is 11.2 Å². The summed E-state index contributed by atoms with van der Waals surface area (Å²) in [6, 6.07) is 0. The maximum absolute atomic E-state index is 9.78. The van der Waals surface area contributed by atoms with Gasteiger partial charge in [-0.1, -0.05) is 5.92 Å². The van der Waals surface area contributed by atoms with Gasteiger partial charge in [0.05, 0.1) is 5.38 Å². The average Bonchev–Trinajstić information content (AvgIpc) is 1.61. The zero-order valence-electron chi connectivity index (χ0n) is 4.22. The molecule has 0 rings (SSSR count). The monoisotopic (exact) mass is 152 g/mol. The zero-order valence-corrected chi connectivity index (χ0v) is 5.79. The van der Waals surface area contributed by atoms with Crippen LogP contribution in [-0.4, -0.2) is 14.1 Å². The number of halogens is 1. The first-order valence-electron chi connectivity index (χ1n) is 1.89. The van der Waals surface area contributed by atoms with Crippen LogP contribution >= 0.6 is 11.6 Å². The predicted molar refractivity (Wildman–Crippen MR) is 33.9 cm³/mol. The van der Waals surface area contributed by atoms with Crippen LogP contribution in [0.15, 0.2) is 0 Å². The van der Waals surface area contributed by atoms with Gasteiger partial charge < -0.3 is 0 Å². The molecule has 0 saturated carbocycles. The smallest absolute Gasteiger partial charge is 0.233 e. The van der Waals surface area contributed by atoms with E-state index < -0.39 is 11.1 Å². The molecule has 0 aliphatic rings. The fraction of sp³-hybridized carbons (Fsp3) is 0.500. The molecule has 0 bridgehead atoms. The first-order valence-corrected chi connectivity index (χ1v) is 3.43. The quantitative estimate of drug-likeness (QED) is 0.317. The summed E-state index contributed by atoms with van der Waals surface area (Å²) >= 11 is 3.27. The molecule has 0 aliphatic heterocycles. The molecule has 4 heteroatoms. The summed E-state index contributed by atoms with van der Waals surface area (Å²) < 4.78 is 17.8. The molecule has 0 radical (unpaired) electrons. The van der Waals surface area contributed by atoms with E-state index in [1.807, 2.05) is 5.25 Å². The van der Waals surface area contributed by atoms with E-state index >= 15 is 0 Å². The highest BCUT2D eigenvalue weighted by Crippen LogP contribution is 1.87. The molecule has 2 atom stereocenters. The molecule has 0 amide bonds. The molecule has 1 N–H and O–H groups in total. The second-order valence-electron chi connectivity index (χ2n) is 1.11. The highest BCUT2D eigenvalue weighted by molar-refractivity contribution is 7.84. The van der Waals surface area contributed by atoms with Gasteiger partial charge in [-0.3, -0.25) is 4.55 Å². The van der Waals surface area contributed by atoms with Crippen molar-refractivity contribution in [1.29, 1.82) is 0 Å². The fourth-order valence-electron chi connectivity index (χ4n) is 0.132. The van der Waals surface area contributed by atoms with Gasteiger partial charge in [-0.05, 0) is 6.92 Å². The Morgan fingerprint density at radius 2 is 2.38 bits per heavy atom. The van der Waals surface area contributed by atoms with E-state index in [0.717, 1.165) is 0 Å². The van der Waals surface area contributed by atoms with Gasteiger partial charge >= 0.3 is 0 Å². The molecule has 0 fully saturated rings. The minimum atomic E-state index is -2.03. The third-order valence-electron chi connectivity index (χ3n) is 0.345. The van der Waals surface area contributed by atoms with Crippen LogP contribution in [0.4, 0.5) is 0 Å². The van der Waals surface area contributed by atoms with Crippen molar-refractivity contribution in [2.75, 3.05) is 0 Å². The molecule has 0 aromatic heterocycles. The summed E-state index contributed by atoms with van der Waals surface area (Å²) in [6.45, 7) is 1.63. The summed E-state index contributed by atoms with van der Waals surface area (Å²) in [5.41, 5.74) is 0. The van der Waals surface area contributed by atoms with Crippen LogP contribution in [0.5, 0.6) is 0 Å². The first kappa shape index (κ1) is 7.96. The molecular formula is C4H5ClO2S. The van der Waals surface area contributed by atoms with Crippen molar-refractivity contribution < 1.29 is 8.76 Å². The predicted octanol–water partition coefficient (Wildman–Crippen LogP) is 0.796. The first-order chi connectivity index (χ1) is 3.63. The second kappa shape index (κ2) is 3.90. The van der Waals surface area contributed by atoms with Crippen molar-refractivity contribution in [1.82, 2.24) is 0 Å². The van der Waals surface area contributed by atoms with Crippen LogP contribution in [0.1, 0.15) is 6.92 Å². The number of hydrogen-bond acceptors (Lipinski definition) is 1. The van der Waals surface area contributed by atoms with Crippen molar-refractivity contribution in [3.63, 3.8) is 0 Å². The Labute approximate surface area is 55.5 Å². The molecule has 2 nitrogen and oxygen atoms in total. The maximum atomic E-state index is 9.78. The minimum Gasteiger partial charge on any atom is -0.296 e. The van der Waals surface area contributed by atoms with E-state index in [-0.39, 0.29) is 5.38 Å². The molecule has 8 heavy (non-hydrogen) atoms. The van der Waals surface area contributed by atoms with Gasteiger partial charge in [-0.25, -0.2) is 4.21 Å². The van der Waals surface area contributed by atoms with E-state index in [4.69, 9.17) is 16.2 Å². The highest BCUT2D eigenvalue weighted by atomic mass is 35.5. The van der Waals surface area contributed by atoms with Gasteiger partial charge in [-0.2, -0.15) is 0 Å². The fourth-order valence-corrected chi connectivity index (χ4v) is 0.528. The van der Waals surface area contributed by atoms with Gasteiger partial charge in [0.25, 0.3) is 0 Å². The zero-order chi connectivity index (χ0) is 6.57. The summed E-state index contributed by atoms with van der Waals surface area (Å²) in [4.78, 5) is 0. The van der Waals surface area contributed by atoms with E-state index in [0.29, 0.717) is 0 Å². The van der Waals surface area contributed by atoms with Crippen LogP contribution < -0.4 is 0 Å². The van der Waals surface area contributed by atoms with Crippen molar-refractivity contribution >= 4 is 22.7 Å². The molecule has 0 aliphatic carbocycles. The van der Waals surface area contributed by atoms with Crippen molar-refractivity contribution in [2.45, 2.75) is 12.3 Å². The Bertz CT molecular complexity index is 144. The molecule has 0 saturated heterocycles. The molecule has 0 aromatic carbocycles. The lowest BCUT2D eigenvalue weighted by atomic mass is 10.5. The lowest BCUT2D eigenvalue weighted by Crippen LogP contribution is -1.84. The number of alkyl halides is 1. The number of hydrogen-bond donors (Lipinski definition) is 1. The lowest BCUT2D eigenvalue weighted by molar-refractivity contribution is 0.576. The normalized spacial score (nSPS) is 15.9. The summed E-state index contributed by atoms with van der Waals surface area (Å²) in [6.07, 6.45) is 0.